The zero-order valence-electron chi connectivity index (χ0n) is 10.6. The van der Waals surface area contributed by atoms with E-state index in [4.69, 9.17) is 14.6 Å². The molecule has 0 bridgehead atoms. The van der Waals surface area contributed by atoms with Gasteiger partial charge in [-0.2, -0.15) is 0 Å². The Morgan fingerprint density at radius 3 is 2.15 bits per heavy atom. The molecule has 0 saturated carbocycles. The van der Waals surface area contributed by atoms with E-state index >= 15 is 0 Å². The van der Waals surface area contributed by atoms with Gasteiger partial charge in [0.1, 0.15) is 24.5 Å². The largest absolute Gasteiger partial charge is 0.489 e. The smallest absolute Gasteiger partial charge is 0.339 e. The van der Waals surface area contributed by atoms with Crippen molar-refractivity contribution >= 4 is 5.97 Å². The number of ether oxygens (including phenoxy) is 2. The van der Waals surface area contributed by atoms with Gasteiger partial charge in [0.25, 0.3) is 0 Å². The van der Waals surface area contributed by atoms with Crippen LogP contribution in [0.25, 0.3) is 0 Å². The first kappa shape index (κ1) is 13.9. The molecule has 0 fully saturated rings. The van der Waals surface area contributed by atoms with Crippen molar-refractivity contribution in [1.82, 2.24) is 0 Å². The standard InChI is InChI=1S/C15H13FO4/c16-12-6-2-4-8-14(12)20-10-9-19-13-7-3-1-5-11(13)15(17)18/h1-8H,9-10H2,(H,17,18). The van der Waals surface area contributed by atoms with Crippen LogP contribution in [-0.4, -0.2) is 24.3 Å². The Hall–Kier alpha value is -2.56. The fourth-order valence-electron chi connectivity index (χ4n) is 1.63. The molecule has 104 valence electrons. The van der Waals surface area contributed by atoms with Gasteiger partial charge in [0, 0.05) is 0 Å². The fraction of sp³-hybridized carbons (Fsp3) is 0.133. The van der Waals surface area contributed by atoms with Gasteiger partial charge in [-0.15, -0.1) is 0 Å². The molecule has 0 aliphatic rings. The van der Waals surface area contributed by atoms with Crippen molar-refractivity contribution in [3.63, 3.8) is 0 Å². The molecule has 0 saturated heterocycles. The van der Waals surface area contributed by atoms with E-state index < -0.39 is 11.8 Å². The van der Waals surface area contributed by atoms with E-state index in [0.29, 0.717) is 0 Å². The Kier molecular flexibility index (Phi) is 4.55. The molecule has 2 aromatic rings. The van der Waals surface area contributed by atoms with Gasteiger partial charge in [0.2, 0.25) is 0 Å². The number of carboxylic acids is 1. The number of halogens is 1. The van der Waals surface area contributed by atoms with Crippen LogP contribution in [-0.2, 0) is 0 Å². The summed E-state index contributed by atoms with van der Waals surface area (Å²) in [5.74, 6) is -1.10. The molecule has 0 unspecified atom stereocenters. The number of carbonyl (C=O) groups is 1. The summed E-state index contributed by atoms with van der Waals surface area (Å²) in [6.45, 7) is 0.244. The Labute approximate surface area is 115 Å². The first-order chi connectivity index (χ1) is 9.68. The molecule has 0 heterocycles. The predicted octanol–water partition coefficient (Wildman–Crippen LogP) is 2.98. The molecular weight excluding hydrogens is 263 g/mol. The van der Waals surface area contributed by atoms with Crippen LogP contribution < -0.4 is 9.47 Å². The Morgan fingerprint density at radius 2 is 1.50 bits per heavy atom. The minimum atomic E-state index is -1.06. The van der Waals surface area contributed by atoms with E-state index in [-0.39, 0.29) is 30.3 Å². The van der Waals surface area contributed by atoms with Crippen molar-refractivity contribution in [2.24, 2.45) is 0 Å². The number of hydrogen-bond donors (Lipinski definition) is 1. The van der Waals surface area contributed by atoms with Crippen molar-refractivity contribution in [3.8, 4) is 11.5 Å². The SMILES string of the molecule is O=C(O)c1ccccc1OCCOc1ccccc1F. The molecule has 1 N–H and O–H groups in total. The average Bonchev–Trinajstić information content (AvgIpc) is 2.45. The van der Waals surface area contributed by atoms with Gasteiger partial charge in [-0.25, -0.2) is 9.18 Å². The minimum absolute atomic E-state index is 0.0818. The number of hydrogen-bond acceptors (Lipinski definition) is 3. The van der Waals surface area contributed by atoms with Crippen LogP contribution in [0, 0.1) is 5.82 Å². The summed E-state index contributed by atoms with van der Waals surface area (Å²) in [5.41, 5.74) is 0.0818. The van der Waals surface area contributed by atoms with Gasteiger partial charge in [0.15, 0.2) is 11.6 Å². The van der Waals surface area contributed by atoms with Crippen molar-refractivity contribution in [2.45, 2.75) is 0 Å². The summed E-state index contributed by atoms with van der Waals surface area (Å²) < 4.78 is 23.8. The molecule has 0 amide bonds. The highest BCUT2D eigenvalue weighted by molar-refractivity contribution is 5.90. The van der Waals surface area contributed by atoms with Gasteiger partial charge in [-0.05, 0) is 24.3 Å². The molecule has 0 spiro atoms. The van der Waals surface area contributed by atoms with Crippen LogP contribution in [0.2, 0.25) is 0 Å². The molecule has 20 heavy (non-hydrogen) atoms. The lowest BCUT2D eigenvalue weighted by molar-refractivity contribution is 0.0691. The Morgan fingerprint density at radius 1 is 0.950 bits per heavy atom. The third-order valence-electron chi connectivity index (χ3n) is 2.55. The van der Waals surface area contributed by atoms with Crippen molar-refractivity contribution in [3.05, 3.63) is 59.9 Å². The van der Waals surface area contributed by atoms with Crippen molar-refractivity contribution < 1.29 is 23.8 Å². The van der Waals surface area contributed by atoms with E-state index in [1.165, 1.54) is 18.2 Å². The first-order valence-corrected chi connectivity index (χ1v) is 6.01. The summed E-state index contributed by atoms with van der Waals surface area (Å²) in [6, 6.07) is 12.4. The third-order valence-corrected chi connectivity index (χ3v) is 2.55. The van der Waals surface area contributed by atoms with Gasteiger partial charge >= 0.3 is 5.97 Å². The Balaban J connectivity index is 1.88. The molecular formula is C15H13FO4. The van der Waals surface area contributed by atoms with E-state index in [9.17, 15) is 9.18 Å². The Bertz CT molecular complexity index is 598. The highest BCUT2D eigenvalue weighted by Gasteiger charge is 2.10. The molecule has 0 atom stereocenters. The fourth-order valence-corrected chi connectivity index (χ4v) is 1.63. The van der Waals surface area contributed by atoms with E-state index in [1.807, 2.05) is 0 Å². The van der Waals surface area contributed by atoms with Gasteiger partial charge in [-0.3, -0.25) is 0 Å². The zero-order chi connectivity index (χ0) is 14.4. The van der Waals surface area contributed by atoms with Crippen molar-refractivity contribution in [2.75, 3.05) is 13.2 Å². The molecule has 0 aromatic heterocycles. The number of rotatable bonds is 6. The first-order valence-electron chi connectivity index (χ1n) is 6.01. The van der Waals surface area contributed by atoms with E-state index in [2.05, 4.69) is 0 Å². The summed E-state index contributed by atoms with van der Waals surface area (Å²) in [7, 11) is 0. The molecule has 2 aromatic carbocycles. The highest BCUT2D eigenvalue weighted by Crippen LogP contribution is 2.18. The number of benzene rings is 2. The van der Waals surface area contributed by atoms with Crippen LogP contribution >= 0.6 is 0 Å². The van der Waals surface area contributed by atoms with Crippen LogP contribution in [0.3, 0.4) is 0 Å². The second-order valence-corrected chi connectivity index (χ2v) is 3.93. The van der Waals surface area contributed by atoms with Crippen LogP contribution in [0.5, 0.6) is 11.5 Å². The predicted molar refractivity (Wildman–Crippen MR) is 70.8 cm³/mol. The van der Waals surface area contributed by atoms with Crippen LogP contribution in [0.1, 0.15) is 10.4 Å². The van der Waals surface area contributed by atoms with E-state index in [1.54, 1.807) is 30.3 Å². The molecule has 2 rings (SSSR count). The summed E-state index contributed by atoms with van der Waals surface area (Å²) in [5, 5.41) is 8.98. The number of aromatic carboxylic acids is 1. The maximum Gasteiger partial charge on any atom is 0.339 e. The normalized spacial score (nSPS) is 10.1. The topological polar surface area (TPSA) is 55.8 Å². The van der Waals surface area contributed by atoms with Crippen LogP contribution in [0.4, 0.5) is 4.39 Å². The van der Waals surface area contributed by atoms with Gasteiger partial charge < -0.3 is 14.6 Å². The molecule has 0 aliphatic heterocycles. The third kappa shape index (κ3) is 3.47. The number of para-hydroxylation sites is 2. The number of carboxylic acid groups (broad SMARTS) is 1. The summed E-state index contributed by atoms with van der Waals surface area (Å²) in [4.78, 5) is 11.0. The lowest BCUT2D eigenvalue weighted by Gasteiger charge is -2.10. The molecule has 4 nitrogen and oxygen atoms in total. The lowest BCUT2D eigenvalue weighted by Crippen LogP contribution is -2.11. The van der Waals surface area contributed by atoms with Gasteiger partial charge in [0.05, 0.1) is 0 Å². The molecule has 5 heteroatoms. The van der Waals surface area contributed by atoms with Gasteiger partial charge in [-0.1, -0.05) is 24.3 Å². The second kappa shape index (κ2) is 6.56. The minimum Gasteiger partial charge on any atom is -0.489 e. The average molecular weight is 276 g/mol. The molecule has 0 aliphatic carbocycles. The lowest BCUT2D eigenvalue weighted by atomic mass is 10.2. The zero-order valence-corrected chi connectivity index (χ0v) is 10.6. The molecule has 0 radical (unpaired) electrons. The second-order valence-electron chi connectivity index (χ2n) is 3.93. The van der Waals surface area contributed by atoms with Crippen molar-refractivity contribution in [1.29, 1.82) is 0 Å². The summed E-state index contributed by atoms with van der Waals surface area (Å²) >= 11 is 0. The van der Waals surface area contributed by atoms with E-state index in [0.717, 1.165) is 0 Å². The highest BCUT2D eigenvalue weighted by atomic mass is 19.1. The quantitative estimate of drug-likeness (QED) is 0.824. The maximum atomic E-state index is 13.3. The maximum absolute atomic E-state index is 13.3. The van der Waals surface area contributed by atoms with Crippen LogP contribution in [0.15, 0.2) is 48.5 Å². The summed E-state index contributed by atoms with van der Waals surface area (Å²) in [6.07, 6.45) is 0. The monoisotopic (exact) mass is 276 g/mol.